The van der Waals surface area contributed by atoms with Crippen molar-refractivity contribution in [2.45, 2.75) is 25.3 Å². The molecule has 1 aliphatic carbocycles. The van der Waals surface area contributed by atoms with Crippen LogP contribution in [-0.2, 0) is 12.8 Å². The minimum atomic E-state index is -0.120. The number of aryl methyl sites for hydroxylation is 1. The van der Waals surface area contributed by atoms with Crippen molar-refractivity contribution in [1.82, 2.24) is 15.5 Å². The highest BCUT2D eigenvalue weighted by Crippen LogP contribution is 2.23. The van der Waals surface area contributed by atoms with Gasteiger partial charge in [0.1, 0.15) is 11.5 Å². The molecule has 1 aromatic heterocycles. The maximum absolute atomic E-state index is 12.5. The number of carbonyl (C=O) groups excluding carboxylic acids is 1. The third-order valence-electron chi connectivity index (χ3n) is 3.97. The van der Waals surface area contributed by atoms with E-state index in [4.69, 9.17) is 9.47 Å². The van der Waals surface area contributed by atoms with Crippen LogP contribution in [0.15, 0.2) is 24.4 Å². The summed E-state index contributed by atoms with van der Waals surface area (Å²) in [6, 6.07) is 5.27. The van der Waals surface area contributed by atoms with Gasteiger partial charge >= 0.3 is 0 Å². The number of hydrogen-bond donors (Lipinski definition) is 2. The maximum Gasteiger partial charge on any atom is 0.251 e. The Labute approximate surface area is 128 Å². The Morgan fingerprint density at radius 1 is 1.27 bits per heavy atom. The van der Waals surface area contributed by atoms with E-state index in [0.29, 0.717) is 17.1 Å². The molecule has 2 N–H and O–H groups in total. The second kappa shape index (κ2) is 6.09. The third kappa shape index (κ3) is 2.90. The molecule has 1 heterocycles. The molecule has 6 heteroatoms. The molecular weight excluding hydrogens is 282 g/mol. The van der Waals surface area contributed by atoms with Gasteiger partial charge in [-0.15, -0.1) is 0 Å². The van der Waals surface area contributed by atoms with E-state index < -0.39 is 0 Å². The number of amides is 1. The molecule has 1 amide bonds. The zero-order chi connectivity index (χ0) is 15.5. The highest BCUT2D eigenvalue weighted by Gasteiger charge is 2.22. The molecule has 6 nitrogen and oxygen atoms in total. The first kappa shape index (κ1) is 14.4. The van der Waals surface area contributed by atoms with E-state index in [-0.39, 0.29) is 11.9 Å². The van der Waals surface area contributed by atoms with Crippen molar-refractivity contribution in [3.8, 4) is 11.5 Å². The number of aromatic amines is 1. The number of ether oxygens (including phenoxy) is 2. The van der Waals surface area contributed by atoms with Crippen molar-refractivity contribution in [3.05, 3.63) is 41.2 Å². The summed E-state index contributed by atoms with van der Waals surface area (Å²) < 4.78 is 10.4. The molecule has 0 bridgehead atoms. The topological polar surface area (TPSA) is 76.2 Å². The molecule has 0 saturated carbocycles. The second-order valence-corrected chi connectivity index (χ2v) is 5.39. The Balaban J connectivity index is 1.72. The van der Waals surface area contributed by atoms with E-state index in [2.05, 4.69) is 15.5 Å². The van der Waals surface area contributed by atoms with Gasteiger partial charge in [0, 0.05) is 29.8 Å². The largest absolute Gasteiger partial charge is 0.497 e. The normalized spacial score (nSPS) is 16.7. The summed E-state index contributed by atoms with van der Waals surface area (Å²) in [6.45, 7) is 0. The molecule has 1 aliphatic rings. The molecule has 1 atom stereocenters. The first-order chi connectivity index (χ1) is 10.7. The fraction of sp³-hybridized carbons (Fsp3) is 0.375. The lowest BCUT2D eigenvalue weighted by Gasteiger charge is -2.23. The molecule has 0 spiro atoms. The summed E-state index contributed by atoms with van der Waals surface area (Å²) in [5.41, 5.74) is 2.89. The highest BCUT2D eigenvalue weighted by atomic mass is 16.5. The van der Waals surface area contributed by atoms with E-state index in [0.717, 1.165) is 25.0 Å². The molecule has 3 rings (SSSR count). The molecule has 0 aliphatic heterocycles. The number of fused-ring (bicyclic) bond motifs is 1. The van der Waals surface area contributed by atoms with Gasteiger partial charge < -0.3 is 14.8 Å². The first-order valence-corrected chi connectivity index (χ1v) is 7.24. The fourth-order valence-corrected chi connectivity index (χ4v) is 2.74. The van der Waals surface area contributed by atoms with E-state index in [1.165, 1.54) is 5.56 Å². The number of rotatable bonds is 4. The predicted molar refractivity (Wildman–Crippen MR) is 81.4 cm³/mol. The molecule has 2 aromatic rings. The van der Waals surface area contributed by atoms with Crippen LogP contribution >= 0.6 is 0 Å². The van der Waals surface area contributed by atoms with Crippen LogP contribution in [-0.4, -0.2) is 36.4 Å². The van der Waals surface area contributed by atoms with E-state index in [9.17, 15) is 4.79 Å². The standard InChI is InChI=1S/C16H19N3O3/c1-21-13-5-11(6-14(8-13)22-2)16(20)18-12-4-3-10-9-17-19-15(10)7-12/h5-6,8-9,12H,3-4,7H2,1-2H3,(H,17,19)(H,18,20). The zero-order valence-electron chi connectivity index (χ0n) is 12.7. The van der Waals surface area contributed by atoms with Crippen LogP contribution in [0.5, 0.6) is 11.5 Å². The summed E-state index contributed by atoms with van der Waals surface area (Å²) in [4.78, 5) is 12.5. The Morgan fingerprint density at radius 3 is 2.68 bits per heavy atom. The average molecular weight is 301 g/mol. The van der Waals surface area contributed by atoms with Gasteiger partial charge in [0.2, 0.25) is 0 Å². The summed E-state index contributed by atoms with van der Waals surface area (Å²) in [5.74, 6) is 1.08. The van der Waals surface area contributed by atoms with Crippen molar-refractivity contribution >= 4 is 5.91 Å². The molecule has 0 saturated heterocycles. The molecular formula is C16H19N3O3. The van der Waals surface area contributed by atoms with Crippen molar-refractivity contribution in [2.75, 3.05) is 14.2 Å². The molecule has 1 aromatic carbocycles. The summed E-state index contributed by atoms with van der Waals surface area (Å²) in [7, 11) is 3.13. The Kier molecular flexibility index (Phi) is 4.00. The van der Waals surface area contributed by atoms with Gasteiger partial charge in [-0.1, -0.05) is 0 Å². The predicted octanol–water partition coefficient (Wildman–Crippen LogP) is 1.71. The average Bonchev–Trinajstić information content (AvgIpc) is 3.01. The second-order valence-electron chi connectivity index (χ2n) is 5.39. The molecule has 1 unspecified atom stereocenters. The SMILES string of the molecule is COc1cc(OC)cc(C(=O)NC2CCc3cn[nH]c3C2)c1. The Bertz CT molecular complexity index is 659. The number of nitrogens with one attached hydrogen (secondary N) is 2. The van der Waals surface area contributed by atoms with Crippen molar-refractivity contribution in [1.29, 1.82) is 0 Å². The molecule has 0 radical (unpaired) electrons. The van der Waals surface area contributed by atoms with Crippen LogP contribution < -0.4 is 14.8 Å². The Morgan fingerprint density at radius 2 is 2.00 bits per heavy atom. The third-order valence-corrected chi connectivity index (χ3v) is 3.97. The summed E-state index contributed by atoms with van der Waals surface area (Å²) in [5, 5.41) is 10.1. The van der Waals surface area contributed by atoms with E-state index in [1.807, 2.05) is 6.20 Å². The number of carbonyl (C=O) groups is 1. The van der Waals surface area contributed by atoms with E-state index >= 15 is 0 Å². The lowest BCUT2D eigenvalue weighted by atomic mass is 9.93. The van der Waals surface area contributed by atoms with Gasteiger partial charge in [0.25, 0.3) is 5.91 Å². The number of aromatic nitrogens is 2. The minimum absolute atomic E-state index is 0.109. The van der Waals surface area contributed by atoms with Gasteiger partial charge in [-0.05, 0) is 30.5 Å². The summed E-state index contributed by atoms with van der Waals surface area (Å²) in [6.07, 6.45) is 4.49. The van der Waals surface area contributed by atoms with Crippen LogP contribution in [0.25, 0.3) is 0 Å². The number of methoxy groups -OCH3 is 2. The monoisotopic (exact) mass is 301 g/mol. The lowest BCUT2D eigenvalue weighted by Crippen LogP contribution is -2.38. The van der Waals surface area contributed by atoms with Gasteiger partial charge in [-0.3, -0.25) is 9.89 Å². The van der Waals surface area contributed by atoms with Crippen LogP contribution in [0.4, 0.5) is 0 Å². The molecule has 0 fully saturated rings. The number of nitrogens with zero attached hydrogens (tertiary/aromatic N) is 1. The van der Waals surface area contributed by atoms with E-state index in [1.54, 1.807) is 32.4 Å². The van der Waals surface area contributed by atoms with Gasteiger partial charge in [-0.2, -0.15) is 5.10 Å². The fourth-order valence-electron chi connectivity index (χ4n) is 2.74. The van der Waals surface area contributed by atoms with Crippen molar-refractivity contribution < 1.29 is 14.3 Å². The van der Waals surface area contributed by atoms with Gasteiger partial charge in [0.15, 0.2) is 0 Å². The highest BCUT2D eigenvalue weighted by molar-refractivity contribution is 5.95. The maximum atomic E-state index is 12.5. The van der Waals surface area contributed by atoms with Crippen molar-refractivity contribution in [2.24, 2.45) is 0 Å². The van der Waals surface area contributed by atoms with Crippen molar-refractivity contribution in [3.63, 3.8) is 0 Å². The lowest BCUT2D eigenvalue weighted by molar-refractivity contribution is 0.0932. The van der Waals surface area contributed by atoms with Gasteiger partial charge in [-0.25, -0.2) is 0 Å². The smallest absolute Gasteiger partial charge is 0.251 e. The minimum Gasteiger partial charge on any atom is -0.497 e. The number of hydrogen-bond acceptors (Lipinski definition) is 4. The molecule has 22 heavy (non-hydrogen) atoms. The number of benzene rings is 1. The van der Waals surface area contributed by atoms with Crippen LogP contribution in [0, 0.1) is 0 Å². The zero-order valence-corrected chi connectivity index (χ0v) is 12.7. The first-order valence-electron chi connectivity index (χ1n) is 7.24. The number of H-pyrrole nitrogens is 1. The van der Waals surface area contributed by atoms with Crippen LogP contribution in [0.2, 0.25) is 0 Å². The van der Waals surface area contributed by atoms with Crippen LogP contribution in [0.3, 0.4) is 0 Å². The van der Waals surface area contributed by atoms with Gasteiger partial charge in [0.05, 0.1) is 20.4 Å². The quantitative estimate of drug-likeness (QED) is 0.901. The Hall–Kier alpha value is -2.50. The van der Waals surface area contributed by atoms with Crippen LogP contribution in [0.1, 0.15) is 28.0 Å². The summed E-state index contributed by atoms with van der Waals surface area (Å²) >= 11 is 0. The molecule has 116 valence electrons.